The van der Waals surface area contributed by atoms with E-state index >= 15 is 0 Å². The topological polar surface area (TPSA) is 103 Å². The van der Waals surface area contributed by atoms with Gasteiger partial charge in [-0.2, -0.15) is 23.5 Å². The van der Waals surface area contributed by atoms with Gasteiger partial charge in [0.2, 0.25) is 0 Å². The molecule has 0 fully saturated rings. The van der Waals surface area contributed by atoms with Crippen LogP contribution in [0.1, 0.15) is 36.2 Å². The van der Waals surface area contributed by atoms with Gasteiger partial charge < -0.3 is 4.79 Å². The van der Waals surface area contributed by atoms with Gasteiger partial charge in [-0.25, -0.2) is 9.48 Å². The summed E-state index contributed by atoms with van der Waals surface area (Å²) in [5.74, 6) is 0. The van der Waals surface area contributed by atoms with Crippen LogP contribution >= 0.6 is 0 Å². The van der Waals surface area contributed by atoms with E-state index in [-0.39, 0.29) is 29.1 Å². The highest BCUT2D eigenvalue weighted by Gasteiger charge is 2.31. The van der Waals surface area contributed by atoms with Crippen molar-refractivity contribution in [2.24, 2.45) is 0 Å². The lowest BCUT2D eigenvalue weighted by Gasteiger charge is -2.21. The van der Waals surface area contributed by atoms with Crippen LogP contribution < -0.4 is 11.2 Å². The monoisotopic (exact) mass is 507 g/mol. The molecule has 2 heterocycles. The lowest BCUT2D eigenvalue weighted by Crippen LogP contribution is -2.43. The first-order valence-corrected chi connectivity index (χ1v) is 11.1. The zero-order valence-electron chi connectivity index (χ0n) is 19.7. The molecule has 0 aliphatic carbocycles. The van der Waals surface area contributed by atoms with Crippen molar-refractivity contribution in [3.8, 4) is 28.7 Å². The molecule has 37 heavy (non-hydrogen) atoms. The minimum Gasteiger partial charge on any atom is -0.303 e. The first kappa shape index (κ1) is 25.4. The third kappa shape index (κ3) is 4.61. The van der Waals surface area contributed by atoms with Crippen LogP contribution in [-0.2, 0) is 11.0 Å². The zero-order valence-corrected chi connectivity index (χ0v) is 19.7. The number of aldehydes is 1. The molecule has 0 saturated carbocycles. The van der Waals surface area contributed by atoms with Gasteiger partial charge in [-0.05, 0) is 62.4 Å². The highest BCUT2D eigenvalue weighted by Crippen LogP contribution is 2.31. The molecule has 8 nitrogen and oxygen atoms in total. The van der Waals surface area contributed by atoms with Gasteiger partial charge in [-0.1, -0.05) is 6.07 Å². The Morgan fingerprint density at radius 1 is 1.08 bits per heavy atom. The van der Waals surface area contributed by atoms with Crippen molar-refractivity contribution in [3.05, 3.63) is 98.5 Å². The van der Waals surface area contributed by atoms with E-state index in [0.29, 0.717) is 17.5 Å². The molecule has 0 saturated heterocycles. The largest absolute Gasteiger partial charge is 0.416 e. The molecule has 0 spiro atoms. The molecule has 2 aromatic heterocycles. The van der Waals surface area contributed by atoms with Gasteiger partial charge in [0, 0.05) is 18.2 Å². The maximum absolute atomic E-state index is 13.7. The summed E-state index contributed by atoms with van der Waals surface area (Å²) in [6.45, 7) is 2.97. The standard InChI is InChI=1S/C26H20F3N5O3/c1-16(11-13-35)32-24(36)23(22-10-12-31-34(22)20-8-6-18(15-30)7-9-20)17(2)33(25(32)37)21-5-3-4-19(14-21)26(27,28)29/h3-10,12-14,16H,11H2,1-2H3/t16-/m1/s1. The van der Waals surface area contributed by atoms with Crippen LogP contribution in [-0.4, -0.2) is 25.2 Å². The van der Waals surface area contributed by atoms with E-state index in [1.807, 2.05) is 6.07 Å². The minimum atomic E-state index is -4.65. The first-order chi connectivity index (χ1) is 17.6. The van der Waals surface area contributed by atoms with Crippen LogP contribution in [0.25, 0.3) is 22.6 Å². The fraction of sp³-hybridized carbons (Fsp3) is 0.192. The molecule has 0 radical (unpaired) electrons. The molecule has 4 aromatic rings. The third-order valence-corrected chi connectivity index (χ3v) is 5.98. The molecule has 0 unspecified atom stereocenters. The predicted octanol–water partition coefficient (Wildman–Crippen LogP) is 4.20. The summed E-state index contributed by atoms with van der Waals surface area (Å²) >= 11 is 0. The van der Waals surface area contributed by atoms with E-state index in [1.54, 1.807) is 24.3 Å². The highest BCUT2D eigenvalue weighted by atomic mass is 19.4. The molecule has 0 aliphatic rings. The molecule has 0 amide bonds. The maximum Gasteiger partial charge on any atom is 0.416 e. The fourth-order valence-electron chi connectivity index (χ4n) is 4.15. The van der Waals surface area contributed by atoms with Crippen LogP contribution in [0.5, 0.6) is 0 Å². The Hall–Kier alpha value is -4.72. The number of nitriles is 1. The quantitative estimate of drug-likeness (QED) is 0.364. The van der Waals surface area contributed by atoms with Gasteiger partial charge in [0.25, 0.3) is 5.56 Å². The van der Waals surface area contributed by atoms with Crippen molar-refractivity contribution in [1.82, 2.24) is 18.9 Å². The van der Waals surface area contributed by atoms with E-state index in [4.69, 9.17) is 5.26 Å². The molecule has 4 rings (SSSR count). The molecule has 2 aromatic carbocycles. The van der Waals surface area contributed by atoms with E-state index < -0.39 is 29.0 Å². The lowest BCUT2D eigenvalue weighted by molar-refractivity contribution is -0.137. The van der Waals surface area contributed by atoms with Crippen LogP contribution in [0.2, 0.25) is 0 Å². The number of hydrogen-bond acceptors (Lipinski definition) is 5. The Kier molecular flexibility index (Phi) is 6.68. The number of alkyl halides is 3. The lowest BCUT2D eigenvalue weighted by atomic mass is 10.1. The molecular weight excluding hydrogens is 487 g/mol. The van der Waals surface area contributed by atoms with Gasteiger partial charge in [-0.15, -0.1) is 0 Å². The van der Waals surface area contributed by atoms with E-state index in [1.165, 1.54) is 42.9 Å². The summed E-state index contributed by atoms with van der Waals surface area (Å²) < 4.78 is 43.7. The summed E-state index contributed by atoms with van der Waals surface area (Å²) in [5.41, 5.74) is -1.30. The second-order valence-electron chi connectivity index (χ2n) is 8.34. The van der Waals surface area contributed by atoms with E-state index in [2.05, 4.69) is 5.10 Å². The Morgan fingerprint density at radius 3 is 2.41 bits per heavy atom. The Bertz CT molecular complexity index is 1640. The third-order valence-electron chi connectivity index (χ3n) is 5.98. The van der Waals surface area contributed by atoms with Crippen molar-refractivity contribution >= 4 is 6.29 Å². The predicted molar refractivity (Wildman–Crippen MR) is 129 cm³/mol. The van der Waals surface area contributed by atoms with Crippen LogP contribution in [0.3, 0.4) is 0 Å². The maximum atomic E-state index is 13.7. The molecular formula is C26H20F3N5O3. The molecule has 0 N–H and O–H groups in total. The average molecular weight is 507 g/mol. The van der Waals surface area contributed by atoms with Crippen molar-refractivity contribution in [1.29, 1.82) is 5.26 Å². The normalized spacial score (nSPS) is 12.2. The summed E-state index contributed by atoms with van der Waals surface area (Å²) in [5, 5.41) is 13.4. The molecule has 0 bridgehead atoms. The first-order valence-electron chi connectivity index (χ1n) is 11.1. The summed E-state index contributed by atoms with van der Waals surface area (Å²) in [6, 6.07) is 13.3. The number of hydrogen-bond donors (Lipinski definition) is 0. The zero-order chi connectivity index (χ0) is 26.9. The number of carbonyl (C=O) groups is 1. The fourth-order valence-corrected chi connectivity index (χ4v) is 4.15. The SMILES string of the molecule is Cc1c(-c2ccnn2-c2ccc(C#N)cc2)c(=O)n([C@H](C)CC=O)c(=O)n1-c1cccc(C(F)(F)F)c1. The average Bonchev–Trinajstić information content (AvgIpc) is 3.33. The van der Waals surface area contributed by atoms with E-state index in [0.717, 1.165) is 21.3 Å². The van der Waals surface area contributed by atoms with Gasteiger partial charge in [-0.3, -0.25) is 13.9 Å². The number of rotatable bonds is 6. The van der Waals surface area contributed by atoms with E-state index in [9.17, 15) is 27.6 Å². The second-order valence-corrected chi connectivity index (χ2v) is 8.34. The van der Waals surface area contributed by atoms with Gasteiger partial charge >= 0.3 is 11.9 Å². The Labute approximate surface area is 208 Å². The van der Waals surface area contributed by atoms with Crippen LogP contribution in [0, 0.1) is 18.3 Å². The van der Waals surface area contributed by atoms with Crippen LogP contribution in [0.15, 0.2) is 70.4 Å². The van der Waals surface area contributed by atoms with Gasteiger partial charge in [0.05, 0.1) is 46.0 Å². The second kappa shape index (κ2) is 9.73. The molecule has 188 valence electrons. The molecule has 1 atom stereocenters. The molecule has 0 aliphatic heterocycles. The Morgan fingerprint density at radius 2 is 1.78 bits per heavy atom. The summed E-state index contributed by atoms with van der Waals surface area (Å²) in [7, 11) is 0. The molecule has 11 heteroatoms. The number of aromatic nitrogens is 4. The van der Waals surface area contributed by atoms with Crippen LogP contribution in [0.4, 0.5) is 13.2 Å². The number of carbonyl (C=O) groups excluding carboxylic acids is 1. The van der Waals surface area contributed by atoms with Crippen molar-refractivity contribution in [2.75, 3.05) is 0 Å². The number of halogens is 3. The minimum absolute atomic E-state index is 0.0246. The van der Waals surface area contributed by atoms with Crippen molar-refractivity contribution < 1.29 is 18.0 Å². The number of nitrogens with zero attached hydrogens (tertiary/aromatic N) is 5. The van der Waals surface area contributed by atoms with Crippen molar-refractivity contribution in [3.63, 3.8) is 0 Å². The Balaban J connectivity index is 2.06. The smallest absolute Gasteiger partial charge is 0.303 e. The van der Waals surface area contributed by atoms with Gasteiger partial charge in [0.1, 0.15) is 6.29 Å². The highest BCUT2D eigenvalue weighted by molar-refractivity contribution is 5.65. The van der Waals surface area contributed by atoms with Crippen molar-refractivity contribution in [2.45, 2.75) is 32.5 Å². The number of benzene rings is 2. The summed E-state index contributed by atoms with van der Waals surface area (Å²) in [4.78, 5) is 38.4. The van der Waals surface area contributed by atoms with Gasteiger partial charge in [0.15, 0.2) is 0 Å². The summed E-state index contributed by atoms with van der Waals surface area (Å²) in [6.07, 6.45) is -2.81.